The molecule has 1 saturated heterocycles. The molecule has 3 heterocycles. The number of fused-ring (bicyclic) bond motifs is 1. The number of aromatic amines is 2. The molecule has 0 saturated carbocycles. The molecule has 0 bridgehead atoms. The Bertz CT molecular complexity index is 875. The predicted molar refractivity (Wildman–Crippen MR) is 88.8 cm³/mol. The zero-order valence-electron chi connectivity index (χ0n) is 14.3. The lowest BCUT2D eigenvalue weighted by atomic mass is 10.1. The maximum Gasteiger partial charge on any atom is 0.330 e. The van der Waals surface area contributed by atoms with Crippen molar-refractivity contribution < 1.29 is 24.1 Å². The first-order valence-electron chi connectivity index (χ1n) is 7.91. The average Bonchev–Trinajstić information content (AvgIpc) is 3.11. The summed E-state index contributed by atoms with van der Waals surface area (Å²) in [5.41, 5.74) is 4.37. The van der Waals surface area contributed by atoms with Crippen molar-refractivity contribution in [1.29, 1.82) is 0 Å². The van der Waals surface area contributed by atoms with Gasteiger partial charge in [-0.2, -0.15) is 4.98 Å². The minimum Gasteiger partial charge on any atom is -0.394 e. The Balaban J connectivity index is 2.08. The summed E-state index contributed by atoms with van der Waals surface area (Å²) >= 11 is 0. The topological polar surface area (TPSA) is 167 Å². The van der Waals surface area contributed by atoms with Gasteiger partial charge in [0.1, 0.15) is 18.3 Å². The van der Waals surface area contributed by atoms with Gasteiger partial charge in [-0.25, -0.2) is 9.36 Å². The van der Waals surface area contributed by atoms with Gasteiger partial charge in [0.2, 0.25) is 5.95 Å². The smallest absolute Gasteiger partial charge is 0.330 e. The first-order valence-corrected chi connectivity index (χ1v) is 7.91. The van der Waals surface area contributed by atoms with Crippen molar-refractivity contribution in [1.82, 2.24) is 19.5 Å². The molecular formula is C14H21N5O7. The molecular weight excluding hydrogens is 350 g/mol. The zero-order valence-corrected chi connectivity index (χ0v) is 14.3. The first-order chi connectivity index (χ1) is 12.5. The molecule has 0 aliphatic carbocycles. The van der Waals surface area contributed by atoms with Crippen molar-refractivity contribution >= 4 is 17.1 Å². The summed E-state index contributed by atoms with van der Waals surface area (Å²) in [7, 11) is 2.98. The monoisotopic (exact) mass is 371 g/mol. The number of anilines is 1. The highest BCUT2D eigenvalue weighted by atomic mass is 16.6. The number of ether oxygens (including phenoxy) is 4. The largest absolute Gasteiger partial charge is 0.394 e. The number of hydrogen-bond donors (Lipinski definition) is 4. The van der Waals surface area contributed by atoms with E-state index in [-0.39, 0.29) is 30.3 Å². The molecule has 1 aliphatic rings. The number of rotatable bonds is 7. The lowest BCUT2D eigenvalue weighted by molar-refractivity contribution is -0.0827. The highest BCUT2D eigenvalue weighted by molar-refractivity contribution is 5.70. The number of methoxy groups -OCH3 is 2. The molecule has 2 aromatic heterocycles. The Hall–Kier alpha value is -2.25. The number of nitrogen functional groups attached to an aromatic ring is 1. The second-order valence-corrected chi connectivity index (χ2v) is 5.73. The lowest BCUT2D eigenvalue weighted by Gasteiger charge is -2.23. The van der Waals surface area contributed by atoms with Gasteiger partial charge in [0, 0.05) is 14.2 Å². The Morgan fingerprint density at radius 2 is 2.04 bits per heavy atom. The van der Waals surface area contributed by atoms with Gasteiger partial charge in [-0.15, -0.1) is 0 Å². The average molecular weight is 371 g/mol. The van der Waals surface area contributed by atoms with Crippen molar-refractivity contribution in [3.8, 4) is 0 Å². The lowest BCUT2D eigenvalue weighted by Crippen LogP contribution is -2.39. The third-order valence-corrected chi connectivity index (χ3v) is 4.19. The van der Waals surface area contributed by atoms with E-state index in [0.29, 0.717) is 6.61 Å². The number of nitrogens with two attached hydrogens (primary N) is 1. The summed E-state index contributed by atoms with van der Waals surface area (Å²) in [4.78, 5) is 33.2. The molecule has 12 heteroatoms. The molecule has 0 radical (unpaired) electrons. The quantitative estimate of drug-likeness (QED) is 0.400. The normalized spacial score (nSPS) is 26.0. The van der Waals surface area contributed by atoms with E-state index in [2.05, 4.69) is 15.0 Å². The van der Waals surface area contributed by atoms with Crippen molar-refractivity contribution in [2.45, 2.75) is 24.5 Å². The van der Waals surface area contributed by atoms with Gasteiger partial charge < -0.3 is 29.8 Å². The van der Waals surface area contributed by atoms with E-state index in [0.717, 1.165) is 4.57 Å². The summed E-state index contributed by atoms with van der Waals surface area (Å²) in [6.45, 7) is 0.190. The first kappa shape index (κ1) is 18.5. The molecule has 1 fully saturated rings. The van der Waals surface area contributed by atoms with Crippen LogP contribution in [0.3, 0.4) is 0 Å². The van der Waals surface area contributed by atoms with Crippen LogP contribution in [-0.2, 0) is 18.9 Å². The van der Waals surface area contributed by atoms with E-state index in [9.17, 15) is 14.7 Å². The summed E-state index contributed by atoms with van der Waals surface area (Å²) in [6.07, 6.45) is -3.10. The summed E-state index contributed by atoms with van der Waals surface area (Å²) in [5, 5.41) is 9.57. The Morgan fingerprint density at radius 3 is 2.69 bits per heavy atom. The number of aromatic nitrogens is 4. The Morgan fingerprint density at radius 1 is 1.27 bits per heavy atom. The van der Waals surface area contributed by atoms with Gasteiger partial charge in [0.05, 0.1) is 19.8 Å². The van der Waals surface area contributed by atoms with Crippen LogP contribution in [0.4, 0.5) is 5.95 Å². The molecule has 4 unspecified atom stereocenters. The minimum atomic E-state index is -0.982. The number of aliphatic hydroxyl groups excluding tert-OH is 1. The number of H-pyrrole nitrogens is 2. The van der Waals surface area contributed by atoms with E-state index in [1.807, 2.05) is 0 Å². The highest BCUT2D eigenvalue weighted by Gasteiger charge is 2.47. The molecule has 1 aliphatic heterocycles. The fourth-order valence-corrected chi connectivity index (χ4v) is 3.06. The third kappa shape index (κ3) is 3.12. The van der Waals surface area contributed by atoms with E-state index in [1.54, 1.807) is 0 Å². The maximum atomic E-state index is 12.5. The Kier molecular flexibility index (Phi) is 5.38. The van der Waals surface area contributed by atoms with Crippen molar-refractivity contribution in [2.24, 2.45) is 0 Å². The number of nitrogens with one attached hydrogen (secondary N) is 2. The zero-order chi connectivity index (χ0) is 18.8. The van der Waals surface area contributed by atoms with Gasteiger partial charge in [-0.3, -0.25) is 14.8 Å². The summed E-state index contributed by atoms with van der Waals surface area (Å²) in [6, 6.07) is 0. The van der Waals surface area contributed by atoms with Crippen LogP contribution in [0.15, 0.2) is 9.59 Å². The molecule has 12 nitrogen and oxygen atoms in total. The fourth-order valence-electron chi connectivity index (χ4n) is 3.06. The minimum absolute atomic E-state index is 0.0232. The van der Waals surface area contributed by atoms with Crippen molar-refractivity contribution in [3.63, 3.8) is 0 Å². The van der Waals surface area contributed by atoms with Gasteiger partial charge in [0.25, 0.3) is 5.56 Å². The van der Waals surface area contributed by atoms with Gasteiger partial charge in [-0.05, 0) is 0 Å². The van der Waals surface area contributed by atoms with Crippen LogP contribution < -0.4 is 17.0 Å². The fraction of sp³-hybridized carbons (Fsp3) is 0.643. The molecule has 144 valence electrons. The summed E-state index contributed by atoms with van der Waals surface area (Å²) < 4.78 is 23.1. The van der Waals surface area contributed by atoms with Crippen LogP contribution in [0.25, 0.3) is 11.2 Å². The highest BCUT2D eigenvalue weighted by Crippen LogP contribution is 2.33. The van der Waals surface area contributed by atoms with E-state index in [4.69, 9.17) is 24.7 Å². The van der Waals surface area contributed by atoms with Crippen LogP contribution >= 0.6 is 0 Å². The Labute approximate surface area is 146 Å². The van der Waals surface area contributed by atoms with Crippen LogP contribution in [0.5, 0.6) is 0 Å². The van der Waals surface area contributed by atoms with Crippen molar-refractivity contribution in [3.05, 3.63) is 20.8 Å². The SMILES string of the molecule is COCCOC1C(OC)C(CO)OC1n1c(=O)[nH]c2c(=O)[nH]c(N)nc21. The number of imidazole rings is 1. The van der Waals surface area contributed by atoms with Gasteiger partial charge in [0.15, 0.2) is 17.4 Å². The molecule has 3 rings (SSSR count). The standard InChI is InChI=1S/C14H21N5O7/c1-23-3-4-25-9-8(24-2)6(5-20)26-12(9)19-10-7(16-14(19)22)11(21)18-13(15)17-10/h6,8-9,12,20H,3-5H2,1-2H3,(H,16,22)(H3,15,17,18,21). The van der Waals surface area contributed by atoms with Crippen LogP contribution in [0, 0.1) is 0 Å². The second-order valence-electron chi connectivity index (χ2n) is 5.73. The predicted octanol–water partition coefficient (Wildman–Crippen LogP) is -2.07. The molecule has 2 aromatic rings. The van der Waals surface area contributed by atoms with Crippen LogP contribution in [-0.4, -0.2) is 77.0 Å². The van der Waals surface area contributed by atoms with Crippen LogP contribution in [0.1, 0.15) is 6.23 Å². The number of nitrogens with zero attached hydrogens (tertiary/aromatic N) is 2. The molecule has 0 amide bonds. The van der Waals surface area contributed by atoms with Crippen LogP contribution in [0.2, 0.25) is 0 Å². The van der Waals surface area contributed by atoms with Crippen molar-refractivity contribution in [2.75, 3.05) is 39.8 Å². The number of aliphatic hydroxyl groups is 1. The van der Waals surface area contributed by atoms with E-state index < -0.39 is 35.8 Å². The molecule has 0 aromatic carbocycles. The summed E-state index contributed by atoms with van der Waals surface area (Å²) in [5.74, 6) is -0.146. The van der Waals surface area contributed by atoms with E-state index >= 15 is 0 Å². The number of hydrogen-bond acceptors (Lipinski definition) is 9. The maximum absolute atomic E-state index is 12.5. The molecule has 26 heavy (non-hydrogen) atoms. The van der Waals surface area contributed by atoms with Gasteiger partial charge in [-0.1, -0.05) is 0 Å². The molecule has 0 spiro atoms. The molecule has 4 atom stereocenters. The molecule has 5 N–H and O–H groups in total. The van der Waals surface area contributed by atoms with Gasteiger partial charge >= 0.3 is 5.69 Å². The third-order valence-electron chi connectivity index (χ3n) is 4.19. The van der Waals surface area contributed by atoms with E-state index in [1.165, 1.54) is 14.2 Å². The second kappa shape index (κ2) is 7.55.